The minimum absolute atomic E-state index is 0.00595. The van der Waals surface area contributed by atoms with Gasteiger partial charge in [-0.1, -0.05) is 12.1 Å². The number of rotatable bonds is 4. The zero-order valence-electron chi connectivity index (χ0n) is 15.2. The predicted molar refractivity (Wildman–Crippen MR) is 100 cm³/mol. The van der Waals surface area contributed by atoms with Crippen LogP contribution in [0.25, 0.3) is 11.0 Å². The molecule has 0 aliphatic carbocycles. The Kier molecular flexibility index (Phi) is 4.71. The summed E-state index contributed by atoms with van der Waals surface area (Å²) in [7, 11) is 1.81. The maximum atomic E-state index is 12.7. The van der Waals surface area contributed by atoms with Gasteiger partial charge in [0.2, 0.25) is 0 Å². The van der Waals surface area contributed by atoms with E-state index in [4.69, 9.17) is 0 Å². The molecule has 0 saturated heterocycles. The lowest BCUT2D eigenvalue weighted by atomic mass is 10.1. The van der Waals surface area contributed by atoms with E-state index in [9.17, 15) is 9.59 Å². The Balaban J connectivity index is 1.89. The van der Waals surface area contributed by atoms with E-state index in [-0.39, 0.29) is 17.9 Å². The summed E-state index contributed by atoms with van der Waals surface area (Å²) in [5.41, 5.74) is 2.81. The van der Waals surface area contributed by atoms with Crippen LogP contribution in [0.15, 0.2) is 36.5 Å². The monoisotopic (exact) mass is 351 g/mol. The maximum absolute atomic E-state index is 12.7. The van der Waals surface area contributed by atoms with E-state index in [0.717, 1.165) is 16.7 Å². The van der Waals surface area contributed by atoms with Crippen molar-refractivity contribution in [3.8, 4) is 0 Å². The molecule has 0 radical (unpaired) electrons. The van der Waals surface area contributed by atoms with Gasteiger partial charge >= 0.3 is 0 Å². The van der Waals surface area contributed by atoms with Crippen LogP contribution in [0.4, 0.5) is 5.69 Å². The first-order valence-electron chi connectivity index (χ1n) is 8.37. The van der Waals surface area contributed by atoms with Crippen LogP contribution in [0, 0.1) is 6.92 Å². The van der Waals surface area contributed by atoms with Crippen LogP contribution in [-0.4, -0.2) is 32.6 Å². The van der Waals surface area contributed by atoms with Gasteiger partial charge in [0.1, 0.15) is 0 Å². The molecule has 0 atom stereocenters. The van der Waals surface area contributed by atoms with E-state index in [1.165, 1.54) is 6.20 Å². The first-order valence-corrected chi connectivity index (χ1v) is 8.37. The van der Waals surface area contributed by atoms with Crippen molar-refractivity contribution < 1.29 is 9.59 Å². The molecule has 3 rings (SSSR count). The molecule has 2 aromatic heterocycles. The minimum Gasteiger partial charge on any atom is -0.350 e. The maximum Gasteiger partial charge on any atom is 0.257 e. The van der Waals surface area contributed by atoms with Crippen molar-refractivity contribution in [3.05, 3.63) is 53.3 Å². The Bertz CT molecular complexity index is 991. The van der Waals surface area contributed by atoms with Crippen molar-refractivity contribution >= 4 is 28.5 Å². The lowest BCUT2D eigenvalue weighted by molar-refractivity contribution is 0.0944. The number of hydrogen-bond donors (Lipinski definition) is 2. The molecule has 3 aromatic rings. The fourth-order valence-corrected chi connectivity index (χ4v) is 2.76. The molecule has 134 valence electrons. The van der Waals surface area contributed by atoms with Crippen molar-refractivity contribution in [3.63, 3.8) is 0 Å². The number of benzene rings is 1. The molecule has 0 fully saturated rings. The molecule has 0 aliphatic rings. The standard InChI is InChI=1S/C19H21N5O2/c1-11(2)21-19(26)14-7-5-6-8-16(14)22-18(25)13-9-15-12(3)23-24(4)17(15)20-10-13/h5-11H,1-4H3,(H,21,26)(H,22,25). The molecule has 7 nitrogen and oxygen atoms in total. The van der Waals surface area contributed by atoms with Gasteiger partial charge < -0.3 is 10.6 Å². The predicted octanol–water partition coefficient (Wildman–Crippen LogP) is 2.67. The van der Waals surface area contributed by atoms with Gasteiger partial charge in [0.25, 0.3) is 11.8 Å². The Morgan fingerprint density at radius 2 is 1.88 bits per heavy atom. The number of pyridine rings is 1. The number of aromatic nitrogens is 3. The Morgan fingerprint density at radius 3 is 2.62 bits per heavy atom. The molecular weight excluding hydrogens is 330 g/mol. The van der Waals surface area contributed by atoms with E-state index in [1.807, 2.05) is 27.8 Å². The van der Waals surface area contributed by atoms with Gasteiger partial charge in [-0.15, -0.1) is 0 Å². The molecule has 1 aromatic carbocycles. The fourth-order valence-electron chi connectivity index (χ4n) is 2.76. The van der Waals surface area contributed by atoms with Crippen molar-refractivity contribution in [1.82, 2.24) is 20.1 Å². The molecule has 0 saturated carbocycles. The third-order valence-electron chi connectivity index (χ3n) is 3.96. The van der Waals surface area contributed by atoms with Crippen LogP contribution < -0.4 is 10.6 Å². The van der Waals surface area contributed by atoms with E-state index < -0.39 is 0 Å². The van der Waals surface area contributed by atoms with Crippen LogP contribution in [0.5, 0.6) is 0 Å². The summed E-state index contributed by atoms with van der Waals surface area (Å²) in [6, 6.07) is 8.68. The summed E-state index contributed by atoms with van der Waals surface area (Å²) in [5, 5.41) is 10.8. The van der Waals surface area contributed by atoms with Crippen molar-refractivity contribution in [1.29, 1.82) is 0 Å². The van der Waals surface area contributed by atoms with Crippen molar-refractivity contribution in [2.45, 2.75) is 26.8 Å². The molecule has 7 heteroatoms. The number of para-hydroxylation sites is 1. The number of hydrogen-bond acceptors (Lipinski definition) is 4. The third-order valence-corrected chi connectivity index (χ3v) is 3.96. The number of amides is 2. The summed E-state index contributed by atoms with van der Waals surface area (Å²) in [5.74, 6) is -0.556. The largest absolute Gasteiger partial charge is 0.350 e. The summed E-state index contributed by atoms with van der Waals surface area (Å²) >= 11 is 0. The first kappa shape index (κ1) is 17.6. The zero-order valence-corrected chi connectivity index (χ0v) is 15.2. The summed E-state index contributed by atoms with van der Waals surface area (Å²) in [6.45, 7) is 5.64. The van der Waals surface area contributed by atoms with Gasteiger partial charge in [0, 0.05) is 24.7 Å². The number of carbonyl (C=O) groups is 2. The fraction of sp³-hybridized carbons (Fsp3) is 0.263. The Labute approximate surface area is 151 Å². The lowest BCUT2D eigenvalue weighted by Crippen LogP contribution is -2.31. The van der Waals surface area contributed by atoms with E-state index in [2.05, 4.69) is 20.7 Å². The molecule has 0 unspecified atom stereocenters. The van der Waals surface area contributed by atoms with Gasteiger partial charge in [0.05, 0.1) is 22.5 Å². The van der Waals surface area contributed by atoms with Crippen LogP contribution >= 0.6 is 0 Å². The Hall–Kier alpha value is -3.22. The van der Waals surface area contributed by atoms with Crippen LogP contribution in [-0.2, 0) is 7.05 Å². The lowest BCUT2D eigenvalue weighted by Gasteiger charge is -2.13. The number of anilines is 1. The second-order valence-corrected chi connectivity index (χ2v) is 6.43. The average molecular weight is 351 g/mol. The van der Waals surface area contributed by atoms with Crippen LogP contribution in [0.1, 0.15) is 40.3 Å². The summed E-state index contributed by atoms with van der Waals surface area (Å²) < 4.78 is 1.68. The highest BCUT2D eigenvalue weighted by molar-refractivity contribution is 6.09. The van der Waals surface area contributed by atoms with Gasteiger partial charge in [-0.2, -0.15) is 5.10 Å². The SMILES string of the molecule is Cc1nn(C)c2ncc(C(=O)Nc3ccccc3C(=O)NC(C)C)cc12. The number of fused-ring (bicyclic) bond motifs is 1. The summed E-state index contributed by atoms with van der Waals surface area (Å²) in [6.07, 6.45) is 1.51. The minimum atomic E-state index is -0.326. The van der Waals surface area contributed by atoms with E-state index >= 15 is 0 Å². The highest BCUT2D eigenvalue weighted by atomic mass is 16.2. The summed E-state index contributed by atoms with van der Waals surface area (Å²) in [4.78, 5) is 29.3. The zero-order chi connectivity index (χ0) is 18.8. The van der Waals surface area contributed by atoms with Gasteiger partial charge in [-0.3, -0.25) is 14.3 Å². The topological polar surface area (TPSA) is 88.9 Å². The number of nitrogens with one attached hydrogen (secondary N) is 2. The number of aryl methyl sites for hydroxylation is 2. The quantitative estimate of drug-likeness (QED) is 0.756. The third kappa shape index (κ3) is 3.42. The smallest absolute Gasteiger partial charge is 0.257 e. The van der Waals surface area contributed by atoms with E-state index in [0.29, 0.717) is 16.8 Å². The molecule has 26 heavy (non-hydrogen) atoms. The molecule has 2 heterocycles. The van der Waals surface area contributed by atoms with E-state index in [1.54, 1.807) is 35.0 Å². The molecule has 0 bridgehead atoms. The van der Waals surface area contributed by atoms with Crippen molar-refractivity contribution in [2.75, 3.05) is 5.32 Å². The van der Waals surface area contributed by atoms with Gasteiger partial charge in [-0.25, -0.2) is 4.98 Å². The van der Waals surface area contributed by atoms with Gasteiger partial charge in [0.15, 0.2) is 5.65 Å². The second-order valence-electron chi connectivity index (χ2n) is 6.43. The highest BCUT2D eigenvalue weighted by Crippen LogP contribution is 2.19. The van der Waals surface area contributed by atoms with Crippen LogP contribution in [0.3, 0.4) is 0 Å². The second kappa shape index (κ2) is 6.95. The molecular formula is C19H21N5O2. The first-order chi connectivity index (χ1) is 12.4. The average Bonchev–Trinajstić information content (AvgIpc) is 2.88. The number of nitrogens with zero attached hydrogens (tertiary/aromatic N) is 3. The van der Waals surface area contributed by atoms with Crippen molar-refractivity contribution in [2.24, 2.45) is 7.05 Å². The Morgan fingerprint density at radius 1 is 1.15 bits per heavy atom. The number of carbonyl (C=O) groups excluding carboxylic acids is 2. The molecule has 0 aliphatic heterocycles. The molecule has 0 spiro atoms. The van der Waals surface area contributed by atoms with Gasteiger partial charge in [-0.05, 0) is 39.0 Å². The molecule has 2 amide bonds. The highest BCUT2D eigenvalue weighted by Gasteiger charge is 2.16. The van der Waals surface area contributed by atoms with Crippen LogP contribution in [0.2, 0.25) is 0 Å². The molecule has 2 N–H and O–H groups in total. The normalized spacial score (nSPS) is 11.0.